The molecule has 1 aliphatic carbocycles. The van der Waals surface area contributed by atoms with Crippen molar-refractivity contribution in [3.8, 4) is 0 Å². The summed E-state index contributed by atoms with van der Waals surface area (Å²) in [6, 6.07) is 11.5. The molecule has 0 spiro atoms. The van der Waals surface area contributed by atoms with Gasteiger partial charge in [-0.05, 0) is 42.7 Å². The van der Waals surface area contributed by atoms with Gasteiger partial charge in [0.1, 0.15) is 11.6 Å². The van der Waals surface area contributed by atoms with Gasteiger partial charge in [-0.15, -0.1) is 0 Å². The molecule has 2 heterocycles. The molecule has 0 N–H and O–H groups in total. The lowest BCUT2D eigenvalue weighted by molar-refractivity contribution is -0.139. The molecular weight excluding hydrogens is 362 g/mol. The monoisotopic (exact) mass is 383 g/mol. The molecule has 0 radical (unpaired) electrons. The van der Waals surface area contributed by atoms with Crippen LogP contribution in [0.15, 0.2) is 59.5 Å². The van der Waals surface area contributed by atoms with Gasteiger partial charge in [0.05, 0.1) is 19.4 Å². The average molecular weight is 384 g/mol. The number of carbonyl (C=O) groups is 1. The molecule has 6 heteroatoms. The van der Waals surface area contributed by atoms with Crippen LogP contribution in [0, 0.1) is 5.92 Å². The van der Waals surface area contributed by atoms with E-state index in [1.807, 2.05) is 47.5 Å². The number of hydrogen-bond donors (Lipinski definition) is 0. The Bertz CT molecular complexity index is 900. The highest BCUT2D eigenvalue weighted by molar-refractivity contribution is 6.30. The largest absolute Gasteiger partial charge is 0.467 e. The number of furan rings is 1. The van der Waals surface area contributed by atoms with Crippen LogP contribution in [0.2, 0.25) is 5.02 Å². The lowest BCUT2D eigenvalue weighted by Gasteiger charge is -2.31. The van der Waals surface area contributed by atoms with Crippen molar-refractivity contribution in [1.29, 1.82) is 0 Å². The van der Waals surface area contributed by atoms with Gasteiger partial charge in [-0.25, -0.2) is 4.98 Å². The molecule has 27 heavy (non-hydrogen) atoms. The highest BCUT2D eigenvalue weighted by Crippen LogP contribution is 2.29. The van der Waals surface area contributed by atoms with Crippen LogP contribution in [0.4, 0.5) is 0 Å². The maximum atomic E-state index is 12.9. The van der Waals surface area contributed by atoms with Crippen LogP contribution in [0.3, 0.4) is 0 Å². The zero-order chi connectivity index (χ0) is 18.6. The molecule has 0 unspecified atom stereocenters. The summed E-state index contributed by atoms with van der Waals surface area (Å²) in [6.07, 6.45) is 8.44. The minimum absolute atomic E-state index is 0.135. The van der Waals surface area contributed by atoms with E-state index < -0.39 is 0 Å². The number of carbonyl (C=O) groups excluding carboxylic acids is 1. The summed E-state index contributed by atoms with van der Waals surface area (Å²) in [5.74, 6) is 1.97. The Morgan fingerprint density at radius 3 is 2.85 bits per heavy atom. The van der Waals surface area contributed by atoms with Crippen molar-refractivity contribution < 1.29 is 9.21 Å². The van der Waals surface area contributed by atoms with E-state index in [0.717, 1.165) is 36.4 Å². The van der Waals surface area contributed by atoms with Crippen LogP contribution in [-0.2, 0) is 24.4 Å². The average Bonchev–Trinajstić information content (AvgIpc) is 3.25. The molecule has 1 aliphatic rings. The molecule has 0 saturated heterocycles. The van der Waals surface area contributed by atoms with Gasteiger partial charge < -0.3 is 13.9 Å². The summed E-state index contributed by atoms with van der Waals surface area (Å²) in [5.41, 5.74) is 1.10. The number of halogens is 1. The predicted octanol–water partition coefficient (Wildman–Crippen LogP) is 4.51. The van der Waals surface area contributed by atoms with Crippen molar-refractivity contribution in [2.24, 2.45) is 5.92 Å². The van der Waals surface area contributed by atoms with Crippen LogP contribution in [0.1, 0.15) is 36.4 Å². The number of rotatable bonds is 7. The first kappa shape index (κ1) is 17.9. The summed E-state index contributed by atoms with van der Waals surface area (Å²) in [4.78, 5) is 19.3. The first-order valence-corrected chi connectivity index (χ1v) is 9.62. The van der Waals surface area contributed by atoms with Gasteiger partial charge in [0.25, 0.3) is 0 Å². The number of benzene rings is 1. The van der Waals surface area contributed by atoms with Crippen LogP contribution in [0.25, 0.3) is 0 Å². The van der Waals surface area contributed by atoms with E-state index >= 15 is 0 Å². The first-order valence-electron chi connectivity index (χ1n) is 9.24. The number of amides is 1. The topological polar surface area (TPSA) is 51.3 Å². The van der Waals surface area contributed by atoms with Gasteiger partial charge in [0, 0.05) is 29.9 Å². The summed E-state index contributed by atoms with van der Waals surface area (Å²) >= 11 is 6.10. The predicted molar refractivity (Wildman–Crippen MR) is 103 cm³/mol. The van der Waals surface area contributed by atoms with Crippen molar-refractivity contribution >= 4 is 17.5 Å². The molecule has 0 bridgehead atoms. The van der Waals surface area contributed by atoms with E-state index in [4.69, 9.17) is 16.0 Å². The van der Waals surface area contributed by atoms with Crippen LogP contribution >= 0.6 is 11.6 Å². The second kappa shape index (κ2) is 8.01. The van der Waals surface area contributed by atoms with Crippen molar-refractivity contribution in [3.63, 3.8) is 0 Å². The van der Waals surface area contributed by atoms with E-state index in [-0.39, 0.29) is 11.8 Å². The summed E-state index contributed by atoms with van der Waals surface area (Å²) in [5, 5.41) is 0.716. The third-order valence-electron chi connectivity index (χ3n) is 5.07. The number of nitrogens with zero attached hydrogens (tertiary/aromatic N) is 3. The fourth-order valence-electron chi connectivity index (χ4n) is 3.35. The highest BCUT2D eigenvalue weighted by atomic mass is 35.5. The molecule has 2 aromatic heterocycles. The second-order valence-corrected chi connectivity index (χ2v) is 7.44. The first-order chi connectivity index (χ1) is 13.2. The second-order valence-electron chi connectivity index (χ2n) is 7.00. The number of hydrogen-bond acceptors (Lipinski definition) is 3. The Balaban J connectivity index is 1.52. The summed E-state index contributed by atoms with van der Waals surface area (Å²) < 4.78 is 7.53. The molecule has 0 aliphatic heterocycles. The molecule has 5 nitrogen and oxygen atoms in total. The molecule has 140 valence electrons. The molecule has 3 aromatic rings. The van der Waals surface area contributed by atoms with E-state index in [9.17, 15) is 4.79 Å². The van der Waals surface area contributed by atoms with Crippen LogP contribution < -0.4 is 0 Å². The smallest absolute Gasteiger partial charge is 0.226 e. The van der Waals surface area contributed by atoms with Gasteiger partial charge in [-0.3, -0.25) is 4.79 Å². The van der Waals surface area contributed by atoms with Crippen LogP contribution in [-0.4, -0.2) is 20.4 Å². The minimum Gasteiger partial charge on any atom is -0.467 e. The van der Waals surface area contributed by atoms with Crippen molar-refractivity contribution in [1.82, 2.24) is 14.5 Å². The van der Waals surface area contributed by atoms with Crippen molar-refractivity contribution in [3.05, 3.63) is 77.2 Å². The van der Waals surface area contributed by atoms with E-state index in [2.05, 4.69) is 9.55 Å². The van der Waals surface area contributed by atoms with E-state index in [1.165, 1.54) is 0 Å². The quantitative estimate of drug-likeness (QED) is 0.603. The van der Waals surface area contributed by atoms with E-state index in [1.54, 1.807) is 12.5 Å². The maximum absolute atomic E-state index is 12.9. The number of aromatic nitrogens is 2. The third kappa shape index (κ3) is 4.25. The lowest BCUT2D eigenvalue weighted by Crippen LogP contribution is -2.38. The zero-order valence-corrected chi connectivity index (χ0v) is 15.8. The third-order valence-corrected chi connectivity index (χ3v) is 5.30. The Kier molecular flexibility index (Phi) is 5.30. The molecule has 1 saturated carbocycles. The molecule has 1 aromatic carbocycles. The highest BCUT2D eigenvalue weighted by Gasteiger charge is 2.30. The fraction of sp³-hybridized carbons (Fsp3) is 0.333. The molecule has 0 atom stereocenters. The van der Waals surface area contributed by atoms with Gasteiger partial charge in [0.15, 0.2) is 0 Å². The Morgan fingerprint density at radius 1 is 1.26 bits per heavy atom. The SMILES string of the molecule is O=C(C1CCC1)N(Cc1ccco1)Cc1nccn1Cc1cccc(Cl)c1. The zero-order valence-electron chi connectivity index (χ0n) is 15.1. The molecule has 1 fully saturated rings. The van der Waals surface area contributed by atoms with E-state index in [0.29, 0.717) is 24.7 Å². The van der Waals surface area contributed by atoms with Gasteiger partial charge in [-0.2, -0.15) is 0 Å². The fourth-order valence-corrected chi connectivity index (χ4v) is 3.57. The maximum Gasteiger partial charge on any atom is 0.226 e. The van der Waals surface area contributed by atoms with Crippen molar-refractivity contribution in [2.45, 2.75) is 38.9 Å². The summed E-state index contributed by atoms with van der Waals surface area (Å²) in [7, 11) is 0. The molecule has 4 rings (SSSR count). The summed E-state index contributed by atoms with van der Waals surface area (Å²) in [6.45, 7) is 1.60. The number of imidazole rings is 1. The van der Waals surface area contributed by atoms with Crippen LogP contribution in [0.5, 0.6) is 0 Å². The minimum atomic E-state index is 0.135. The van der Waals surface area contributed by atoms with Gasteiger partial charge >= 0.3 is 0 Å². The molecule has 1 amide bonds. The standard InChI is InChI=1S/C21H22ClN3O2/c22-18-7-1-4-16(12-18)13-24-10-9-23-20(24)15-25(14-19-8-3-11-27-19)21(26)17-5-2-6-17/h1,3-4,7-12,17H,2,5-6,13-15H2. The Hall–Kier alpha value is -2.53. The normalized spacial score (nSPS) is 14.1. The van der Waals surface area contributed by atoms with Gasteiger partial charge in [0.2, 0.25) is 5.91 Å². The molecular formula is C21H22ClN3O2. The van der Waals surface area contributed by atoms with Gasteiger partial charge in [-0.1, -0.05) is 30.2 Å². The Labute approximate surface area is 163 Å². The Morgan fingerprint density at radius 2 is 2.15 bits per heavy atom. The lowest BCUT2D eigenvalue weighted by atomic mass is 9.84. The van der Waals surface area contributed by atoms with Crippen molar-refractivity contribution in [2.75, 3.05) is 0 Å².